The molecule has 3 aromatic heterocycles. The van der Waals surface area contributed by atoms with E-state index in [-0.39, 0.29) is 5.91 Å². The van der Waals surface area contributed by atoms with Crippen molar-refractivity contribution in [3.05, 3.63) is 108 Å². The van der Waals surface area contributed by atoms with Crippen LogP contribution in [0.1, 0.15) is 17.3 Å². The van der Waals surface area contributed by atoms with Crippen LogP contribution in [0.5, 0.6) is 0 Å². The van der Waals surface area contributed by atoms with Gasteiger partial charge in [0.25, 0.3) is 5.91 Å². The highest BCUT2D eigenvalue weighted by atomic mass is 32.1. The Hall–Kier alpha value is -5.69. The molecule has 2 N–H and O–H groups in total. The molecule has 47 heavy (non-hydrogen) atoms. The van der Waals surface area contributed by atoms with Crippen LogP contribution in [0, 0.1) is 11.6 Å². The Kier molecular flexibility index (Phi) is 8.04. The van der Waals surface area contributed by atoms with Gasteiger partial charge in [-0.05, 0) is 54.6 Å². The minimum atomic E-state index is -0.941. The van der Waals surface area contributed by atoms with Gasteiger partial charge < -0.3 is 20.4 Å². The number of thiazole rings is 1. The highest BCUT2D eigenvalue weighted by Gasteiger charge is 2.22. The molecule has 10 nitrogen and oxygen atoms in total. The Morgan fingerprint density at radius 3 is 2.36 bits per heavy atom. The average Bonchev–Trinajstić information content (AvgIpc) is 3.67. The van der Waals surface area contributed by atoms with Crippen molar-refractivity contribution in [1.82, 2.24) is 24.3 Å². The fraction of sp³-hybridized carbons (Fsp3) is 0.147. The third kappa shape index (κ3) is 6.12. The topological polar surface area (TPSA) is 108 Å². The van der Waals surface area contributed by atoms with Gasteiger partial charge in [-0.25, -0.2) is 23.7 Å². The Morgan fingerprint density at radius 2 is 1.62 bits per heavy atom. The third-order valence-corrected chi connectivity index (χ3v) is 8.71. The Morgan fingerprint density at radius 1 is 0.872 bits per heavy atom. The number of nitrogens with zero attached hydrogens (tertiary/aromatic N) is 6. The Balaban J connectivity index is 1.13. The molecule has 236 valence electrons. The summed E-state index contributed by atoms with van der Waals surface area (Å²) >= 11 is 1.46. The molecule has 13 heteroatoms. The van der Waals surface area contributed by atoms with Crippen LogP contribution in [-0.2, 0) is 4.79 Å². The molecule has 0 atom stereocenters. The lowest BCUT2D eigenvalue weighted by molar-refractivity contribution is -0.129. The van der Waals surface area contributed by atoms with Crippen LogP contribution in [0.25, 0.3) is 27.6 Å². The second-order valence-electron chi connectivity index (χ2n) is 10.9. The van der Waals surface area contributed by atoms with Gasteiger partial charge >= 0.3 is 0 Å². The van der Waals surface area contributed by atoms with Crippen molar-refractivity contribution < 1.29 is 18.4 Å². The summed E-state index contributed by atoms with van der Waals surface area (Å²) in [6.45, 7) is 4.57. The number of fused-ring (bicyclic) bond motifs is 1. The number of anilines is 4. The third-order valence-electron chi connectivity index (χ3n) is 7.96. The van der Waals surface area contributed by atoms with Crippen LogP contribution in [0.4, 0.5) is 31.8 Å². The Bertz CT molecular complexity index is 2090. The summed E-state index contributed by atoms with van der Waals surface area (Å²) in [5, 5.41) is 7.81. The predicted molar refractivity (Wildman–Crippen MR) is 178 cm³/mol. The van der Waals surface area contributed by atoms with Gasteiger partial charge in [0.15, 0.2) is 4.96 Å². The molecule has 1 saturated heterocycles. The summed E-state index contributed by atoms with van der Waals surface area (Å²) in [7, 11) is 0. The monoisotopic (exact) mass is 650 g/mol. The van der Waals surface area contributed by atoms with E-state index in [1.165, 1.54) is 17.4 Å². The summed E-state index contributed by atoms with van der Waals surface area (Å²) in [5.74, 6) is -2.27. The predicted octanol–water partition coefficient (Wildman–Crippen LogP) is 6.46. The molecule has 3 aromatic carbocycles. The maximum absolute atomic E-state index is 14.2. The van der Waals surface area contributed by atoms with Crippen molar-refractivity contribution in [2.75, 3.05) is 41.7 Å². The minimum Gasteiger partial charge on any atom is -0.368 e. The van der Waals surface area contributed by atoms with Crippen molar-refractivity contribution in [2.24, 2.45) is 0 Å². The standard InChI is InChI=1S/C34H28F2N8O2S/c1-21(45)42-14-16-43(17-15-42)25-10-8-23(9-11-25)39-33-37-13-12-28(40-33)31-30(41-34-44(31)18-19-47-34)22-4-2-5-24(20-22)38-32(46)29-26(35)6-3-7-27(29)36/h2-13,18-20H,14-17H2,1H3,(H,38,46)(H,37,39,40). The smallest absolute Gasteiger partial charge is 0.261 e. The molecule has 6 aromatic rings. The molecular weight excluding hydrogens is 622 g/mol. The average molecular weight is 651 g/mol. The maximum Gasteiger partial charge on any atom is 0.261 e. The highest BCUT2D eigenvalue weighted by molar-refractivity contribution is 7.15. The van der Waals surface area contributed by atoms with E-state index in [2.05, 4.69) is 20.5 Å². The second-order valence-corrected chi connectivity index (χ2v) is 11.8. The van der Waals surface area contributed by atoms with E-state index in [1.807, 2.05) is 51.2 Å². The van der Waals surface area contributed by atoms with Gasteiger partial charge in [0.1, 0.15) is 22.9 Å². The summed E-state index contributed by atoms with van der Waals surface area (Å²) in [5.41, 5.74) is 4.23. The first kappa shape index (κ1) is 30.0. The van der Waals surface area contributed by atoms with E-state index in [4.69, 9.17) is 9.97 Å². The van der Waals surface area contributed by atoms with Crippen LogP contribution in [0.3, 0.4) is 0 Å². The van der Waals surface area contributed by atoms with Gasteiger partial charge in [0, 0.05) is 73.5 Å². The van der Waals surface area contributed by atoms with Crippen LogP contribution < -0.4 is 15.5 Å². The largest absolute Gasteiger partial charge is 0.368 e. The van der Waals surface area contributed by atoms with Crippen molar-refractivity contribution in [2.45, 2.75) is 6.92 Å². The fourth-order valence-electron chi connectivity index (χ4n) is 5.60. The normalized spacial score (nSPS) is 13.2. The fourth-order valence-corrected chi connectivity index (χ4v) is 6.31. The van der Waals surface area contributed by atoms with Gasteiger partial charge in [0.05, 0.1) is 11.4 Å². The maximum atomic E-state index is 14.2. The zero-order chi connectivity index (χ0) is 32.5. The number of carbonyl (C=O) groups is 2. The Labute approximate surface area is 272 Å². The number of rotatable bonds is 7. The summed E-state index contributed by atoms with van der Waals surface area (Å²) < 4.78 is 30.4. The van der Waals surface area contributed by atoms with Crippen LogP contribution >= 0.6 is 11.3 Å². The number of imidazole rings is 1. The number of aromatic nitrogens is 4. The van der Waals surface area contributed by atoms with Gasteiger partial charge in [0.2, 0.25) is 11.9 Å². The second kappa shape index (κ2) is 12.6. The molecule has 4 heterocycles. The molecule has 0 aliphatic carbocycles. The van der Waals surface area contributed by atoms with Crippen molar-refractivity contribution in [3.63, 3.8) is 0 Å². The van der Waals surface area contributed by atoms with E-state index >= 15 is 0 Å². The van der Waals surface area contributed by atoms with E-state index < -0.39 is 23.1 Å². The number of hydrogen-bond donors (Lipinski definition) is 2. The molecular formula is C34H28F2N8O2S. The van der Waals surface area contributed by atoms with E-state index in [0.29, 0.717) is 41.7 Å². The van der Waals surface area contributed by atoms with Gasteiger partial charge in [-0.1, -0.05) is 18.2 Å². The molecule has 0 spiro atoms. The molecule has 1 fully saturated rings. The van der Waals surface area contributed by atoms with Crippen molar-refractivity contribution >= 4 is 51.1 Å². The lowest BCUT2D eigenvalue weighted by Crippen LogP contribution is -2.48. The van der Waals surface area contributed by atoms with Crippen LogP contribution in [0.15, 0.2) is 90.6 Å². The van der Waals surface area contributed by atoms with Gasteiger partial charge in [-0.15, -0.1) is 11.3 Å². The van der Waals surface area contributed by atoms with E-state index in [9.17, 15) is 18.4 Å². The minimum absolute atomic E-state index is 0.102. The number of amides is 2. The number of nitrogens with one attached hydrogen (secondary N) is 2. The molecule has 1 aliphatic heterocycles. The molecule has 0 radical (unpaired) electrons. The lowest BCUT2D eigenvalue weighted by Gasteiger charge is -2.35. The first-order chi connectivity index (χ1) is 22.8. The molecule has 7 rings (SSSR count). The quantitative estimate of drug-likeness (QED) is 0.204. The first-order valence-electron chi connectivity index (χ1n) is 14.9. The molecule has 0 saturated carbocycles. The highest BCUT2D eigenvalue weighted by Crippen LogP contribution is 2.35. The zero-order valence-corrected chi connectivity index (χ0v) is 26.0. The van der Waals surface area contributed by atoms with E-state index in [1.54, 1.807) is 37.4 Å². The van der Waals surface area contributed by atoms with Crippen molar-refractivity contribution in [3.8, 4) is 22.6 Å². The molecule has 1 aliphatic rings. The van der Waals surface area contributed by atoms with E-state index in [0.717, 1.165) is 47.3 Å². The number of piperazine rings is 1. The summed E-state index contributed by atoms with van der Waals surface area (Å²) in [4.78, 5) is 43.4. The summed E-state index contributed by atoms with van der Waals surface area (Å²) in [6, 6.07) is 20.0. The molecule has 2 amide bonds. The lowest BCUT2D eigenvalue weighted by atomic mass is 10.1. The van der Waals surface area contributed by atoms with Crippen LogP contribution in [0.2, 0.25) is 0 Å². The van der Waals surface area contributed by atoms with Crippen LogP contribution in [-0.4, -0.2) is 62.2 Å². The van der Waals surface area contributed by atoms with Crippen molar-refractivity contribution in [1.29, 1.82) is 0 Å². The zero-order valence-electron chi connectivity index (χ0n) is 25.2. The van der Waals surface area contributed by atoms with Gasteiger partial charge in [-0.3, -0.25) is 14.0 Å². The number of benzene rings is 3. The number of hydrogen-bond acceptors (Lipinski definition) is 8. The number of halogens is 2. The number of carbonyl (C=O) groups excluding carboxylic acids is 2. The SMILES string of the molecule is CC(=O)N1CCN(c2ccc(Nc3nccc(-c4c(-c5cccc(NC(=O)c6c(F)cccc6F)c5)nc5sccn45)n3)cc2)CC1. The summed E-state index contributed by atoms with van der Waals surface area (Å²) in [6.07, 6.45) is 3.57. The molecule has 0 unspecified atom stereocenters. The van der Waals surface area contributed by atoms with Gasteiger partial charge in [-0.2, -0.15) is 0 Å². The first-order valence-corrected chi connectivity index (χ1v) is 15.7. The molecule has 0 bridgehead atoms.